The van der Waals surface area contributed by atoms with Crippen LogP contribution in [-0.2, 0) is 13.1 Å². The minimum Gasteiger partial charge on any atom is -0.381 e. The van der Waals surface area contributed by atoms with Crippen LogP contribution in [0.2, 0.25) is 10.0 Å². The fraction of sp³-hybridized carbons (Fsp3) is 0.0909. The summed E-state index contributed by atoms with van der Waals surface area (Å²) in [5.41, 5.74) is 4.25. The number of nitrogens with one attached hydrogen (secondary N) is 1. The van der Waals surface area contributed by atoms with Crippen molar-refractivity contribution in [3.8, 4) is 0 Å². The lowest BCUT2D eigenvalue weighted by Crippen LogP contribution is -2.00. The van der Waals surface area contributed by atoms with E-state index in [2.05, 4.69) is 34.3 Å². The van der Waals surface area contributed by atoms with Gasteiger partial charge in [0.2, 0.25) is 0 Å². The number of rotatable bonds is 5. The first-order chi connectivity index (χ1) is 13.1. The van der Waals surface area contributed by atoms with E-state index in [1.165, 1.54) is 11.5 Å². The minimum absolute atomic E-state index is 0.114. The average molecular weight is 399 g/mol. The number of aromatic nitrogens is 1. The summed E-state index contributed by atoms with van der Waals surface area (Å²) in [5.74, 6) is -0.416. The molecular formula is C22H17Cl2FN2. The van der Waals surface area contributed by atoms with Gasteiger partial charge < -0.3 is 9.88 Å². The summed E-state index contributed by atoms with van der Waals surface area (Å²) in [7, 11) is 0. The molecule has 1 N–H and O–H groups in total. The van der Waals surface area contributed by atoms with Crippen LogP contribution in [0.1, 0.15) is 11.1 Å². The SMILES string of the molecule is Fc1ccc(NCc2cn(Cc3cccc(Cl)c3)c3ccccc23)cc1Cl. The summed E-state index contributed by atoms with van der Waals surface area (Å²) in [4.78, 5) is 0. The Balaban J connectivity index is 1.62. The summed E-state index contributed by atoms with van der Waals surface area (Å²) in [5, 5.41) is 5.35. The highest BCUT2D eigenvalue weighted by Crippen LogP contribution is 2.25. The van der Waals surface area contributed by atoms with Gasteiger partial charge in [-0.05, 0) is 47.5 Å². The van der Waals surface area contributed by atoms with Gasteiger partial charge in [0.05, 0.1) is 5.02 Å². The first-order valence-corrected chi connectivity index (χ1v) is 9.36. The molecule has 1 heterocycles. The molecule has 0 saturated carbocycles. The summed E-state index contributed by atoms with van der Waals surface area (Å²) in [6.07, 6.45) is 2.14. The summed E-state index contributed by atoms with van der Waals surface area (Å²) < 4.78 is 15.6. The molecule has 0 bridgehead atoms. The molecule has 0 radical (unpaired) electrons. The molecule has 5 heteroatoms. The summed E-state index contributed by atoms with van der Waals surface area (Å²) in [6, 6.07) is 20.8. The maximum Gasteiger partial charge on any atom is 0.141 e. The molecule has 0 unspecified atom stereocenters. The van der Waals surface area contributed by atoms with Crippen molar-refractivity contribution in [1.82, 2.24) is 4.57 Å². The maximum absolute atomic E-state index is 13.3. The quantitative estimate of drug-likeness (QED) is 0.393. The molecule has 0 aliphatic carbocycles. The molecule has 0 saturated heterocycles. The molecule has 4 rings (SSSR count). The van der Waals surface area contributed by atoms with Gasteiger partial charge in [-0.15, -0.1) is 0 Å². The molecular weight excluding hydrogens is 382 g/mol. The van der Waals surface area contributed by atoms with Crippen molar-refractivity contribution in [2.24, 2.45) is 0 Å². The molecule has 136 valence electrons. The van der Waals surface area contributed by atoms with E-state index in [1.807, 2.05) is 30.3 Å². The first-order valence-electron chi connectivity index (χ1n) is 8.60. The molecule has 4 aromatic rings. The Hall–Kier alpha value is -2.49. The molecule has 1 aromatic heterocycles. The Kier molecular flexibility index (Phi) is 5.06. The van der Waals surface area contributed by atoms with Gasteiger partial charge in [0.15, 0.2) is 0 Å². The fourth-order valence-corrected chi connectivity index (χ4v) is 3.62. The highest BCUT2D eigenvalue weighted by molar-refractivity contribution is 6.31. The van der Waals surface area contributed by atoms with Crippen LogP contribution in [0, 0.1) is 5.82 Å². The van der Waals surface area contributed by atoms with E-state index in [9.17, 15) is 4.39 Å². The Morgan fingerprint density at radius 3 is 2.59 bits per heavy atom. The largest absolute Gasteiger partial charge is 0.381 e. The van der Waals surface area contributed by atoms with Crippen molar-refractivity contribution < 1.29 is 4.39 Å². The van der Waals surface area contributed by atoms with Crippen molar-refractivity contribution in [3.05, 3.63) is 99.9 Å². The van der Waals surface area contributed by atoms with E-state index in [0.29, 0.717) is 6.54 Å². The topological polar surface area (TPSA) is 17.0 Å². The molecule has 3 aromatic carbocycles. The molecule has 0 spiro atoms. The number of fused-ring (bicyclic) bond motifs is 1. The van der Waals surface area contributed by atoms with Crippen LogP contribution in [0.4, 0.5) is 10.1 Å². The van der Waals surface area contributed by atoms with Crippen molar-refractivity contribution in [3.63, 3.8) is 0 Å². The zero-order valence-electron chi connectivity index (χ0n) is 14.4. The van der Waals surface area contributed by atoms with E-state index < -0.39 is 5.82 Å². The minimum atomic E-state index is -0.416. The highest BCUT2D eigenvalue weighted by Gasteiger charge is 2.09. The predicted molar refractivity (Wildman–Crippen MR) is 111 cm³/mol. The van der Waals surface area contributed by atoms with Gasteiger partial charge >= 0.3 is 0 Å². The second-order valence-corrected chi connectivity index (χ2v) is 7.26. The van der Waals surface area contributed by atoms with E-state index >= 15 is 0 Å². The fourth-order valence-electron chi connectivity index (χ4n) is 3.23. The number of hydrogen-bond acceptors (Lipinski definition) is 1. The third-order valence-electron chi connectivity index (χ3n) is 4.52. The van der Waals surface area contributed by atoms with Crippen LogP contribution in [0.3, 0.4) is 0 Å². The molecule has 0 aliphatic rings. The zero-order chi connectivity index (χ0) is 18.8. The number of para-hydroxylation sites is 1. The Morgan fingerprint density at radius 1 is 0.926 bits per heavy atom. The number of anilines is 1. The molecule has 2 nitrogen and oxygen atoms in total. The van der Waals surface area contributed by atoms with Crippen molar-refractivity contribution >= 4 is 39.8 Å². The molecule has 0 amide bonds. The van der Waals surface area contributed by atoms with Crippen molar-refractivity contribution in [1.29, 1.82) is 0 Å². The Labute approximate surface area is 167 Å². The number of benzene rings is 3. The van der Waals surface area contributed by atoms with Crippen LogP contribution in [0.15, 0.2) is 72.9 Å². The van der Waals surface area contributed by atoms with Crippen LogP contribution >= 0.6 is 23.2 Å². The van der Waals surface area contributed by atoms with Gasteiger partial charge in [-0.3, -0.25) is 0 Å². The monoisotopic (exact) mass is 398 g/mol. The number of nitrogens with zero attached hydrogens (tertiary/aromatic N) is 1. The lowest BCUT2D eigenvalue weighted by Gasteiger charge is -2.07. The van der Waals surface area contributed by atoms with Crippen LogP contribution in [0.25, 0.3) is 10.9 Å². The second kappa shape index (κ2) is 7.63. The van der Waals surface area contributed by atoms with Crippen LogP contribution < -0.4 is 5.32 Å². The van der Waals surface area contributed by atoms with Crippen molar-refractivity contribution in [2.75, 3.05) is 5.32 Å². The maximum atomic E-state index is 13.3. The smallest absolute Gasteiger partial charge is 0.141 e. The summed E-state index contributed by atoms with van der Waals surface area (Å²) in [6.45, 7) is 1.36. The van der Waals surface area contributed by atoms with Gasteiger partial charge in [0.1, 0.15) is 5.82 Å². The third-order valence-corrected chi connectivity index (χ3v) is 5.04. The van der Waals surface area contributed by atoms with Gasteiger partial charge in [0, 0.05) is 40.9 Å². The summed E-state index contributed by atoms with van der Waals surface area (Å²) >= 11 is 12.0. The van der Waals surface area contributed by atoms with E-state index in [1.54, 1.807) is 12.1 Å². The standard InChI is InChI=1S/C22H17Cl2FN2/c23-17-5-3-4-15(10-17)13-27-14-16(19-6-1-2-7-22(19)27)12-26-18-8-9-21(25)20(24)11-18/h1-11,14,26H,12-13H2. The van der Waals surface area contributed by atoms with Crippen LogP contribution in [-0.4, -0.2) is 4.57 Å². The second-order valence-electron chi connectivity index (χ2n) is 6.41. The third kappa shape index (κ3) is 3.95. The van der Waals surface area contributed by atoms with E-state index in [-0.39, 0.29) is 5.02 Å². The normalized spacial score (nSPS) is 11.1. The van der Waals surface area contributed by atoms with Crippen molar-refractivity contribution in [2.45, 2.75) is 13.1 Å². The van der Waals surface area contributed by atoms with Gasteiger partial charge in [-0.2, -0.15) is 0 Å². The lowest BCUT2D eigenvalue weighted by atomic mass is 10.1. The molecule has 0 fully saturated rings. The predicted octanol–water partition coefficient (Wildman–Crippen LogP) is 6.75. The lowest BCUT2D eigenvalue weighted by molar-refractivity contribution is 0.628. The Bertz CT molecular complexity index is 1100. The molecule has 0 atom stereocenters. The van der Waals surface area contributed by atoms with Gasteiger partial charge in [0.25, 0.3) is 0 Å². The Morgan fingerprint density at radius 2 is 1.78 bits per heavy atom. The highest BCUT2D eigenvalue weighted by atomic mass is 35.5. The van der Waals surface area contributed by atoms with Gasteiger partial charge in [-0.1, -0.05) is 53.5 Å². The molecule has 0 aliphatic heterocycles. The number of halogens is 3. The molecule has 27 heavy (non-hydrogen) atoms. The average Bonchev–Trinajstić information content (AvgIpc) is 3.01. The number of hydrogen-bond donors (Lipinski definition) is 1. The zero-order valence-corrected chi connectivity index (χ0v) is 15.9. The van der Waals surface area contributed by atoms with E-state index in [4.69, 9.17) is 23.2 Å². The van der Waals surface area contributed by atoms with E-state index in [0.717, 1.165) is 33.9 Å². The van der Waals surface area contributed by atoms with Gasteiger partial charge in [-0.25, -0.2) is 4.39 Å². The first kappa shape index (κ1) is 17.9. The van der Waals surface area contributed by atoms with Crippen LogP contribution in [0.5, 0.6) is 0 Å².